The molecule has 0 saturated heterocycles. The monoisotopic (exact) mass is 355 g/mol. The van der Waals surface area contributed by atoms with E-state index in [1.54, 1.807) is 6.07 Å². The van der Waals surface area contributed by atoms with Crippen molar-refractivity contribution in [2.75, 3.05) is 13.1 Å². The molecule has 1 saturated carbocycles. The van der Waals surface area contributed by atoms with Crippen LogP contribution < -0.4 is 0 Å². The fourth-order valence-corrected chi connectivity index (χ4v) is 4.74. The lowest BCUT2D eigenvalue weighted by Gasteiger charge is -2.21. The molecule has 0 atom stereocenters. The molecule has 1 aromatic rings. The van der Waals surface area contributed by atoms with Crippen molar-refractivity contribution in [1.82, 2.24) is 4.31 Å². The van der Waals surface area contributed by atoms with Crippen molar-refractivity contribution in [2.45, 2.75) is 30.5 Å². The van der Waals surface area contributed by atoms with E-state index >= 15 is 0 Å². The van der Waals surface area contributed by atoms with Gasteiger partial charge in [0.05, 0.1) is 5.02 Å². The highest BCUT2D eigenvalue weighted by molar-refractivity contribution is 7.89. The predicted octanol–water partition coefficient (Wildman–Crippen LogP) is 4.15. The molecule has 2 rings (SSSR count). The molecule has 0 unspecified atom stereocenters. The van der Waals surface area contributed by atoms with Crippen molar-refractivity contribution in [3.8, 4) is 0 Å². The zero-order chi connectivity index (χ0) is 14.9. The Morgan fingerprint density at radius 3 is 2.45 bits per heavy atom. The largest absolute Gasteiger partial charge is 0.244 e. The van der Waals surface area contributed by atoms with Crippen LogP contribution >= 0.6 is 34.8 Å². The van der Waals surface area contributed by atoms with Crippen molar-refractivity contribution in [2.24, 2.45) is 5.92 Å². The molecule has 1 aliphatic rings. The summed E-state index contributed by atoms with van der Waals surface area (Å²) in [4.78, 5) is 0.0461. The summed E-state index contributed by atoms with van der Waals surface area (Å²) in [5, 5.41) is 0.491. The van der Waals surface area contributed by atoms with Gasteiger partial charge in [-0.1, -0.05) is 30.1 Å². The first-order valence-electron chi connectivity index (χ1n) is 6.44. The lowest BCUT2D eigenvalue weighted by atomic mass is 10.2. The summed E-state index contributed by atoms with van der Waals surface area (Å²) >= 11 is 17.9. The Labute approximate surface area is 134 Å². The summed E-state index contributed by atoms with van der Waals surface area (Å²) in [6.07, 6.45) is 2.17. The molecule has 0 aromatic heterocycles. The quantitative estimate of drug-likeness (QED) is 0.718. The molecular formula is C13H16Cl3NO2S. The molecule has 112 valence electrons. The van der Waals surface area contributed by atoms with E-state index in [0.29, 0.717) is 29.6 Å². The third-order valence-electron chi connectivity index (χ3n) is 3.35. The second-order valence-corrected chi connectivity index (χ2v) is 7.90. The lowest BCUT2D eigenvalue weighted by molar-refractivity contribution is 0.412. The number of rotatable bonds is 6. The molecule has 20 heavy (non-hydrogen) atoms. The van der Waals surface area contributed by atoms with Gasteiger partial charge in [0.25, 0.3) is 0 Å². The molecule has 0 amide bonds. The van der Waals surface area contributed by atoms with Gasteiger partial charge in [0.2, 0.25) is 10.0 Å². The van der Waals surface area contributed by atoms with Crippen LogP contribution in [0.4, 0.5) is 0 Å². The Kier molecular flexibility index (Phi) is 5.24. The van der Waals surface area contributed by atoms with Gasteiger partial charge in [-0.15, -0.1) is 11.6 Å². The van der Waals surface area contributed by atoms with Crippen molar-refractivity contribution >= 4 is 44.8 Å². The van der Waals surface area contributed by atoms with Crippen LogP contribution in [0.2, 0.25) is 10.0 Å². The summed E-state index contributed by atoms with van der Waals surface area (Å²) in [5.41, 5.74) is 0.530. The molecule has 0 aliphatic heterocycles. The van der Waals surface area contributed by atoms with Gasteiger partial charge in [0.1, 0.15) is 4.90 Å². The van der Waals surface area contributed by atoms with Crippen molar-refractivity contribution in [3.63, 3.8) is 0 Å². The fraction of sp³-hybridized carbons (Fsp3) is 0.538. The number of nitrogens with zero attached hydrogens (tertiary/aromatic N) is 1. The maximum absolute atomic E-state index is 12.7. The molecule has 0 bridgehead atoms. The van der Waals surface area contributed by atoms with Gasteiger partial charge < -0.3 is 0 Å². The average molecular weight is 357 g/mol. The molecular weight excluding hydrogens is 341 g/mol. The van der Waals surface area contributed by atoms with Crippen LogP contribution in [0.5, 0.6) is 0 Å². The zero-order valence-corrected chi connectivity index (χ0v) is 14.2. The van der Waals surface area contributed by atoms with Crippen molar-refractivity contribution < 1.29 is 8.42 Å². The number of halogens is 3. The molecule has 0 heterocycles. The SMILES string of the molecule is CCN(CC1CC1)S(=O)(=O)c1cc(Cl)cc(CCl)c1Cl. The van der Waals surface area contributed by atoms with Gasteiger partial charge in [-0.2, -0.15) is 4.31 Å². The molecule has 0 spiro atoms. The first kappa shape index (κ1) is 16.4. The summed E-state index contributed by atoms with van der Waals surface area (Å²) in [6, 6.07) is 2.98. The van der Waals surface area contributed by atoms with Gasteiger partial charge in [0, 0.05) is 24.0 Å². The number of alkyl halides is 1. The minimum Gasteiger partial charge on any atom is -0.207 e. The second-order valence-electron chi connectivity index (χ2n) is 4.91. The molecule has 0 N–H and O–H groups in total. The summed E-state index contributed by atoms with van der Waals surface area (Å²) < 4.78 is 26.9. The predicted molar refractivity (Wildman–Crippen MR) is 83.2 cm³/mol. The Hall–Kier alpha value is -0.000000000000000111. The van der Waals surface area contributed by atoms with E-state index in [-0.39, 0.29) is 15.8 Å². The highest BCUT2D eigenvalue weighted by atomic mass is 35.5. The maximum Gasteiger partial charge on any atom is 0.244 e. The van der Waals surface area contributed by atoms with Crippen LogP contribution in [0.25, 0.3) is 0 Å². The number of benzene rings is 1. The van der Waals surface area contributed by atoms with Gasteiger partial charge in [-0.3, -0.25) is 0 Å². The third-order valence-corrected chi connectivity index (χ3v) is 6.38. The van der Waals surface area contributed by atoms with Crippen LogP contribution in [0.1, 0.15) is 25.3 Å². The Morgan fingerprint density at radius 2 is 1.95 bits per heavy atom. The van der Waals surface area contributed by atoms with Gasteiger partial charge in [-0.05, 0) is 36.5 Å². The van der Waals surface area contributed by atoms with Gasteiger partial charge in [-0.25, -0.2) is 8.42 Å². The van der Waals surface area contributed by atoms with E-state index < -0.39 is 10.0 Å². The number of sulfonamides is 1. The second kappa shape index (κ2) is 6.41. The average Bonchev–Trinajstić information content (AvgIpc) is 3.21. The summed E-state index contributed by atoms with van der Waals surface area (Å²) in [6.45, 7) is 2.77. The molecule has 1 fully saturated rings. The number of hydrogen-bond acceptors (Lipinski definition) is 2. The van der Waals surface area contributed by atoms with Crippen molar-refractivity contribution in [1.29, 1.82) is 0 Å². The normalized spacial score (nSPS) is 15.8. The van der Waals surface area contributed by atoms with E-state index in [4.69, 9.17) is 34.8 Å². The van der Waals surface area contributed by atoms with E-state index in [2.05, 4.69) is 0 Å². The Bertz CT molecular complexity index is 600. The Morgan fingerprint density at radius 1 is 1.30 bits per heavy atom. The van der Waals surface area contributed by atoms with Crippen LogP contribution in [0, 0.1) is 5.92 Å². The standard InChI is InChI=1S/C13H16Cl3NO2S/c1-2-17(8-9-3-4-9)20(18,19)12-6-11(15)5-10(7-14)13(12)16/h5-6,9H,2-4,7-8H2,1H3. The van der Waals surface area contributed by atoms with Crippen molar-refractivity contribution in [3.05, 3.63) is 27.7 Å². The molecule has 1 aromatic carbocycles. The minimum absolute atomic E-state index is 0.0461. The van der Waals surface area contributed by atoms with Gasteiger partial charge >= 0.3 is 0 Å². The zero-order valence-electron chi connectivity index (χ0n) is 11.1. The maximum atomic E-state index is 12.7. The first-order chi connectivity index (χ1) is 9.40. The highest BCUT2D eigenvalue weighted by Crippen LogP contribution is 2.35. The van der Waals surface area contributed by atoms with Crippen LogP contribution in [0.15, 0.2) is 17.0 Å². The smallest absolute Gasteiger partial charge is 0.207 e. The highest BCUT2D eigenvalue weighted by Gasteiger charge is 2.32. The molecule has 7 heteroatoms. The van der Waals surface area contributed by atoms with Gasteiger partial charge in [0.15, 0.2) is 0 Å². The fourth-order valence-electron chi connectivity index (χ4n) is 2.03. The lowest BCUT2D eigenvalue weighted by Crippen LogP contribution is -2.33. The first-order valence-corrected chi connectivity index (χ1v) is 9.17. The van der Waals surface area contributed by atoms with Crippen LogP contribution in [-0.2, 0) is 15.9 Å². The number of hydrogen-bond donors (Lipinski definition) is 0. The van der Waals surface area contributed by atoms with E-state index in [1.807, 2.05) is 6.92 Å². The molecule has 3 nitrogen and oxygen atoms in total. The van der Waals surface area contributed by atoms with E-state index in [0.717, 1.165) is 12.8 Å². The van der Waals surface area contributed by atoms with E-state index in [9.17, 15) is 8.42 Å². The summed E-state index contributed by atoms with van der Waals surface area (Å²) in [5.74, 6) is 0.589. The topological polar surface area (TPSA) is 37.4 Å². The summed E-state index contributed by atoms with van der Waals surface area (Å²) in [7, 11) is -3.63. The molecule has 1 aliphatic carbocycles. The molecule has 0 radical (unpaired) electrons. The Balaban J connectivity index is 2.44. The minimum atomic E-state index is -3.63. The van der Waals surface area contributed by atoms with E-state index in [1.165, 1.54) is 10.4 Å². The third kappa shape index (κ3) is 3.42. The van der Waals surface area contributed by atoms with Crippen LogP contribution in [-0.4, -0.2) is 25.8 Å². The van der Waals surface area contributed by atoms with Crippen LogP contribution in [0.3, 0.4) is 0 Å².